The van der Waals surface area contributed by atoms with Gasteiger partial charge in [0.2, 0.25) is 11.8 Å². The van der Waals surface area contributed by atoms with Gasteiger partial charge in [0.05, 0.1) is 51.9 Å². The monoisotopic (exact) mass is 766 g/mol. The van der Waals surface area contributed by atoms with Crippen molar-refractivity contribution in [1.29, 1.82) is 0 Å². The number of amides is 2. The maximum atomic E-state index is 11.6. The third-order valence-corrected chi connectivity index (χ3v) is 8.46. The molecule has 0 spiro atoms. The lowest BCUT2D eigenvalue weighted by molar-refractivity contribution is -0.270. The summed E-state index contributed by atoms with van der Waals surface area (Å²) in [4.78, 5) is 23.2. The molecule has 10 atom stereocenters. The summed E-state index contributed by atoms with van der Waals surface area (Å²) in [5.74, 6) is 0.106. The lowest BCUT2D eigenvalue weighted by Crippen LogP contribution is -2.64. The van der Waals surface area contributed by atoms with Crippen LogP contribution < -0.4 is 20.1 Å². The molecule has 3 aromatic rings. The van der Waals surface area contributed by atoms with Crippen molar-refractivity contribution >= 4 is 11.8 Å². The Morgan fingerprint density at radius 3 is 1.54 bits per heavy atom. The van der Waals surface area contributed by atoms with Crippen molar-refractivity contribution in [3.8, 4) is 11.5 Å². The number of carbonyl (C=O) groups excluding carboxylic acids is 2. The van der Waals surface area contributed by atoms with Gasteiger partial charge in [-0.3, -0.25) is 9.59 Å². The smallest absolute Gasteiger partial charge is 0.217 e. The van der Waals surface area contributed by atoms with Crippen LogP contribution in [-0.2, 0) is 54.8 Å². The van der Waals surface area contributed by atoms with Gasteiger partial charge in [-0.25, -0.2) is 9.36 Å². The number of nitrogens with zero attached hydrogens (tertiary/aromatic N) is 6. The minimum Gasteiger partial charge on any atom is -0.487 e. The molecule has 0 bridgehead atoms. The van der Waals surface area contributed by atoms with Crippen LogP contribution in [-0.4, -0.2) is 160 Å². The topological polar surface area (TPSA) is 296 Å². The largest absolute Gasteiger partial charge is 0.487 e. The number of nitrogens with one attached hydrogen (secondary N) is 2. The lowest BCUT2D eigenvalue weighted by Gasteiger charge is -2.42. The second kappa shape index (κ2) is 19.3. The summed E-state index contributed by atoms with van der Waals surface area (Å²) >= 11 is 0. The Hall–Kier alpha value is -4.36. The second-order valence-corrected chi connectivity index (χ2v) is 12.6. The van der Waals surface area contributed by atoms with E-state index in [0.717, 1.165) is 0 Å². The first-order valence-corrected chi connectivity index (χ1v) is 17.1. The first kappa shape index (κ1) is 40.8. The Morgan fingerprint density at radius 2 is 1.15 bits per heavy atom. The summed E-state index contributed by atoms with van der Waals surface area (Å²) in [6.07, 6.45) is -6.76. The number of aliphatic hydroxyl groups is 6. The number of aromatic nitrogens is 6. The molecule has 0 unspecified atom stereocenters. The molecule has 0 radical (unpaired) electrons. The molecule has 22 nitrogen and oxygen atoms in total. The molecule has 2 aromatic heterocycles. The number of carbonyl (C=O) groups is 2. The molecule has 2 fully saturated rings. The molecule has 22 heteroatoms. The van der Waals surface area contributed by atoms with E-state index in [4.69, 9.17) is 28.4 Å². The predicted molar refractivity (Wildman–Crippen MR) is 178 cm³/mol. The Kier molecular flexibility index (Phi) is 14.6. The van der Waals surface area contributed by atoms with Crippen LogP contribution in [0, 0.1) is 0 Å². The molecule has 2 aliphatic heterocycles. The van der Waals surface area contributed by atoms with Gasteiger partial charge in [0.25, 0.3) is 0 Å². The molecule has 298 valence electrons. The van der Waals surface area contributed by atoms with Crippen molar-refractivity contribution in [2.45, 2.75) is 101 Å². The van der Waals surface area contributed by atoms with Crippen LogP contribution in [0.2, 0.25) is 0 Å². The standard InChI is InChI=1S/C32H46N8O14/c1-17(43)33-25-29(47)27(45)23(13-41)53-31(25)49-8-6-39-11-19(35-37-39)15-51-21-4-3-5-22(10-21)52-16-20-12-40(38-36-20)7-9-50-32-26(34-18(2)44)30(48)28(46)24(14-42)54-32/h3-5,10-12,23-32,41-42,45-48H,6-9,13-16H2,1-2H3,(H,33,43)(H,34,44)/t23-,24+,25-,26+,27-,28-,29-,30+,31+,32-/m0/s1. The molecule has 0 saturated carbocycles. The van der Waals surface area contributed by atoms with E-state index in [-0.39, 0.29) is 39.5 Å². The molecular weight excluding hydrogens is 720 g/mol. The van der Waals surface area contributed by atoms with Gasteiger partial charge in [0.1, 0.15) is 84.8 Å². The van der Waals surface area contributed by atoms with Gasteiger partial charge in [-0.1, -0.05) is 16.5 Å². The summed E-state index contributed by atoms with van der Waals surface area (Å²) in [7, 11) is 0. The van der Waals surface area contributed by atoms with Crippen molar-refractivity contribution in [2.75, 3.05) is 26.4 Å². The Bertz CT molecular complexity index is 1530. The Morgan fingerprint density at radius 1 is 0.722 bits per heavy atom. The molecule has 2 amide bonds. The number of hydrogen-bond donors (Lipinski definition) is 8. The SMILES string of the molecule is CC(=O)N[C@@H]1[C@H](OCCn2cc(COc3cccc(OCc4cn(CCO[C@H]5O[C@H](CO)[C@H](O)[C@H](O)[C@H]5NC(C)=O)nn4)c3)nn2)O[C@@H](CO)[C@H](O)[C@H]1O. The van der Waals surface area contributed by atoms with Gasteiger partial charge in [0, 0.05) is 19.9 Å². The van der Waals surface area contributed by atoms with Crippen LogP contribution in [0.1, 0.15) is 25.2 Å². The summed E-state index contributed by atoms with van der Waals surface area (Å²) in [6, 6.07) is 4.84. The van der Waals surface area contributed by atoms with Crippen LogP contribution in [0.3, 0.4) is 0 Å². The van der Waals surface area contributed by atoms with Gasteiger partial charge in [-0.15, -0.1) is 10.2 Å². The molecule has 1 aromatic carbocycles. The molecule has 2 saturated heterocycles. The Balaban J connectivity index is 1.04. The first-order chi connectivity index (χ1) is 25.9. The normalized spacial score (nSPS) is 28.4. The van der Waals surface area contributed by atoms with E-state index in [2.05, 4.69) is 31.3 Å². The van der Waals surface area contributed by atoms with Crippen LogP contribution in [0.25, 0.3) is 0 Å². The van der Waals surface area contributed by atoms with Crippen LogP contribution >= 0.6 is 0 Å². The number of benzene rings is 1. The van der Waals surface area contributed by atoms with Gasteiger partial charge in [-0.05, 0) is 12.1 Å². The fraction of sp³-hybridized carbons (Fsp3) is 0.625. The van der Waals surface area contributed by atoms with E-state index >= 15 is 0 Å². The third kappa shape index (κ3) is 10.9. The highest BCUT2D eigenvalue weighted by Gasteiger charge is 2.46. The number of hydrogen-bond acceptors (Lipinski definition) is 18. The molecule has 5 rings (SSSR count). The molecule has 54 heavy (non-hydrogen) atoms. The minimum absolute atomic E-state index is 0.0463. The van der Waals surface area contributed by atoms with E-state index in [1.165, 1.54) is 23.2 Å². The molecule has 0 aliphatic carbocycles. The number of aliphatic hydroxyl groups excluding tert-OH is 6. The third-order valence-electron chi connectivity index (χ3n) is 8.46. The van der Waals surface area contributed by atoms with Gasteiger partial charge in [0.15, 0.2) is 12.6 Å². The summed E-state index contributed by atoms with van der Waals surface area (Å²) in [5.41, 5.74) is 1.04. The summed E-state index contributed by atoms with van der Waals surface area (Å²) < 4.78 is 37.3. The fourth-order valence-corrected chi connectivity index (χ4v) is 5.75. The second-order valence-electron chi connectivity index (χ2n) is 12.6. The van der Waals surface area contributed by atoms with Gasteiger partial charge >= 0.3 is 0 Å². The van der Waals surface area contributed by atoms with Crippen molar-refractivity contribution in [1.82, 2.24) is 40.6 Å². The summed E-state index contributed by atoms with van der Waals surface area (Å²) in [5, 5.41) is 81.4. The predicted octanol–water partition coefficient (Wildman–Crippen LogP) is -4.05. The lowest BCUT2D eigenvalue weighted by atomic mass is 9.97. The van der Waals surface area contributed by atoms with Crippen LogP contribution in [0.5, 0.6) is 11.5 Å². The van der Waals surface area contributed by atoms with E-state index in [0.29, 0.717) is 22.9 Å². The van der Waals surface area contributed by atoms with Crippen LogP contribution in [0.4, 0.5) is 0 Å². The van der Waals surface area contributed by atoms with E-state index in [9.17, 15) is 40.2 Å². The number of rotatable bonds is 18. The van der Waals surface area contributed by atoms with Crippen molar-refractivity contribution in [3.63, 3.8) is 0 Å². The van der Waals surface area contributed by atoms with Crippen molar-refractivity contribution in [2.24, 2.45) is 0 Å². The maximum Gasteiger partial charge on any atom is 0.217 e. The summed E-state index contributed by atoms with van der Waals surface area (Å²) in [6.45, 7) is 2.16. The number of ether oxygens (including phenoxy) is 6. The zero-order valence-corrected chi connectivity index (χ0v) is 29.5. The zero-order chi connectivity index (χ0) is 38.8. The minimum atomic E-state index is -1.41. The average Bonchev–Trinajstić information content (AvgIpc) is 3.81. The van der Waals surface area contributed by atoms with E-state index in [1.54, 1.807) is 36.7 Å². The van der Waals surface area contributed by atoms with E-state index < -0.39 is 86.3 Å². The highest BCUT2D eigenvalue weighted by Crippen LogP contribution is 2.24. The maximum absolute atomic E-state index is 11.6. The molecular formula is C32H46N8O14. The molecule has 8 N–H and O–H groups in total. The van der Waals surface area contributed by atoms with Gasteiger partial charge in [-0.2, -0.15) is 0 Å². The molecule has 2 aliphatic rings. The van der Waals surface area contributed by atoms with Crippen molar-refractivity contribution in [3.05, 3.63) is 48.0 Å². The first-order valence-electron chi connectivity index (χ1n) is 17.1. The fourth-order valence-electron chi connectivity index (χ4n) is 5.75. The van der Waals surface area contributed by atoms with Crippen molar-refractivity contribution < 1.29 is 68.6 Å². The highest BCUT2D eigenvalue weighted by molar-refractivity contribution is 5.73. The molecule has 4 heterocycles. The zero-order valence-electron chi connectivity index (χ0n) is 29.5. The van der Waals surface area contributed by atoms with Crippen LogP contribution in [0.15, 0.2) is 36.7 Å². The van der Waals surface area contributed by atoms with Gasteiger partial charge < -0.3 is 69.7 Å². The highest BCUT2D eigenvalue weighted by atomic mass is 16.7. The Labute approximate surface area is 308 Å². The average molecular weight is 767 g/mol. The van der Waals surface area contributed by atoms with E-state index in [1.807, 2.05) is 0 Å². The quantitative estimate of drug-likeness (QED) is 0.0611.